The number of carbonyl (C=O) groups excluding carboxylic acids is 2. The van der Waals surface area contributed by atoms with Crippen molar-refractivity contribution in [1.82, 2.24) is 10.2 Å². The number of hydrogen-bond donors (Lipinski definition) is 1. The van der Waals surface area contributed by atoms with Gasteiger partial charge in [-0.2, -0.15) is 13.2 Å². The van der Waals surface area contributed by atoms with Crippen LogP contribution in [0.25, 0.3) is 0 Å². The maximum absolute atomic E-state index is 13.4. The van der Waals surface area contributed by atoms with Crippen LogP contribution >= 0.6 is 0 Å². The Morgan fingerprint density at radius 3 is 2.29 bits per heavy atom. The van der Waals surface area contributed by atoms with Crippen molar-refractivity contribution in [3.05, 3.63) is 65.5 Å². The minimum absolute atomic E-state index is 0.00770. The van der Waals surface area contributed by atoms with E-state index in [2.05, 4.69) is 5.32 Å². The van der Waals surface area contributed by atoms with Crippen molar-refractivity contribution < 1.29 is 35.6 Å². The number of rotatable bonds is 13. The largest absolute Gasteiger partial charge is 0.416 e. The predicted octanol–water partition coefficient (Wildman–Crippen LogP) is 4.72. The summed E-state index contributed by atoms with van der Waals surface area (Å²) in [6.07, 6.45) is -2.32. The van der Waals surface area contributed by atoms with Gasteiger partial charge in [-0.05, 0) is 55.7 Å². The summed E-state index contributed by atoms with van der Waals surface area (Å²) >= 11 is 0. The van der Waals surface area contributed by atoms with Crippen LogP contribution in [0.1, 0.15) is 50.7 Å². The Morgan fingerprint density at radius 2 is 1.71 bits per heavy atom. The van der Waals surface area contributed by atoms with Gasteiger partial charge in [-0.15, -0.1) is 0 Å². The van der Waals surface area contributed by atoms with E-state index in [-0.39, 0.29) is 37.5 Å². The molecule has 1 atom stereocenters. The van der Waals surface area contributed by atoms with Gasteiger partial charge >= 0.3 is 6.18 Å². The number of alkyl halides is 3. The standard InChI is InChI=1S/C26H33F4N3O4S/c1-4-5-15-31-25(35)19(2)32(18-20-11-13-22(27)14-12-20)24(34)10-7-16-33(38(3,36)37)23-9-6-8-21(17-23)26(28,29)30/h6,8-9,11-14,17,19H,4-5,7,10,15-16,18H2,1-3H3,(H,31,35). The van der Waals surface area contributed by atoms with Crippen LogP contribution in [0.4, 0.5) is 23.2 Å². The maximum atomic E-state index is 13.4. The van der Waals surface area contributed by atoms with E-state index in [4.69, 9.17) is 0 Å². The Labute approximate surface area is 220 Å². The van der Waals surface area contributed by atoms with Crippen LogP contribution in [0.3, 0.4) is 0 Å². The molecule has 1 unspecified atom stereocenters. The van der Waals surface area contributed by atoms with Crippen molar-refractivity contribution in [2.45, 2.75) is 58.3 Å². The number of anilines is 1. The summed E-state index contributed by atoms with van der Waals surface area (Å²) < 4.78 is 78.3. The van der Waals surface area contributed by atoms with Crippen molar-refractivity contribution in [2.75, 3.05) is 23.7 Å². The van der Waals surface area contributed by atoms with Gasteiger partial charge in [0, 0.05) is 26.1 Å². The summed E-state index contributed by atoms with van der Waals surface area (Å²) in [5, 5.41) is 2.77. The van der Waals surface area contributed by atoms with E-state index in [0.717, 1.165) is 41.6 Å². The fraction of sp³-hybridized carbons (Fsp3) is 0.462. The lowest BCUT2D eigenvalue weighted by molar-refractivity contribution is -0.140. The number of halogens is 4. The summed E-state index contributed by atoms with van der Waals surface area (Å²) in [4.78, 5) is 27.2. The SMILES string of the molecule is CCCCNC(=O)C(C)N(Cc1ccc(F)cc1)C(=O)CCCN(c1cccc(C(F)(F)F)c1)S(C)(=O)=O. The molecule has 2 aromatic carbocycles. The van der Waals surface area contributed by atoms with Crippen LogP contribution < -0.4 is 9.62 Å². The highest BCUT2D eigenvalue weighted by molar-refractivity contribution is 7.92. The summed E-state index contributed by atoms with van der Waals surface area (Å²) in [6.45, 7) is 3.75. The van der Waals surface area contributed by atoms with Crippen molar-refractivity contribution in [3.8, 4) is 0 Å². The monoisotopic (exact) mass is 559 g/mol. The second-order valence-electron chi connectivity index (χ2n) is 8.96. The quantitative estimate of drug-likeness (QED) is 0.284. The third-order valence-electron chi connectivity index (χ3n) is 5.88. The lowest BCUT2D eigenvalue weighted by Gasteiger charge is -2.29. The van der Waals surface area contributed by atoms with Crippen molar-refractivity contribution >= 4 is 27.5 Å². The van der Waals surface area contributed by atoms with Gasteiger partial charge in [-0.3, -0.25) is 13.9 Å². The molecular formula is C26H33F4N3O4S. The van der Waals surface area contributed by atoms with E-state index in [9.17, 15) is 35.6 Å². The molecular weight excluding hydrogens is 526 g/mol. The van der Waals surface area contributed by atoms with Gasteiger partial charge in [-0.1, -0.05) is 31.5 Å². The zero-order chi connectivity index (χ0) is 28.5. The molecule has 2 rings (SSSR count). The molecule has 0 aliphatic rings. The first-order valence-corrected chi connectivity index (χ1v) is 14.1. The smallest absolute Gasteiger partial charge is 0.354 e. The molecule has 12 heteroatoms. The summed E-state index contributed by atoms with van der Waals surface area (Å²) in [6, 6.07) is 8.56. The Bertz CT molecular complexity index is 1190. The van der Waals surface area contributed by atoms with E-state index in [1.54, 1.807) is 6.92 Å². The Hall–Kier alpha value is -3.15. The maximum Gasteiger partial charge on any atom is 0.416 e. The third-order valence-corrected chi connectivity index (χ3v) is 7.07. The highest BCUT2D eigenvalue weighted by Crippen LogP contribution is 2.32. The van der Waals surface area contributed by atoms with E-state index in [0.29, 0.717) is 12.1 Å². The van der Waals surface area contributed by atoms with Crippen molar-refractivity contribution in [1.29, 1.82) is 0 Å². The molecule has 2 amide bonds. The van der Waals surface area contributed by atoms with Crippen LogP contribution in [-0.4, -0.2) is 50.5 Å². The van der Waals surface area contributed by atoms with Crippen LogP contribution in [0.2, 0.25) is 0 Å². The normalized spacial score (nSPS) is 12.6. The van der Waals surface area contributed by atoms with E-state index in [1.807, 2.05) is 6.92 Å². The van der Waals surface area contributed by atoms with Crippen LogP contribution in [0.5, 0.6) is 0 Å². The van der Waals surface area contributed by atoms with Gasteiger partial charge in [-0.25, -0.2) is 12.8 Å². The molecule has 0 saturated heterocycles. The van der Waals surface area contributed by atoms with E-state index >= 15 is 0 Å². The van der Waals surface area contributed by atoms with Gasteiger partial charge in [0.1, 0.15) is 11.9 Å². The molecule has 210 valence electrons. The fourth-order valence-corrected chi connectivity index (χ4v) is 4.70. The van der Waals surface area contributed by atoms with Crippen LogP contribution in [0, 0.1) is 5.82 Å². The average Bonchev–Trinajstić information content (AvgIpc) is 2.84. The molecule has 0 bridgehead atoms. The molecule has 0 aliphatic heterocycles. The second-order valence-corrected chi connectivity index (χ2v) is 10.9. The van der Waals surface area contributed by atoms with E-state index in [1.165, 1.54) is 35.2 Å². The predicted molar refractivity (Wildman–Crippen MR) is 137 cm³/mol. The lowest BCUT2D eigenvalue weighted by Crippen LogP contribution is -2.48. The molecule has 38 heavy (non-hydrogen) atoms. The molecule has 1 N–H and O–H groups in total. The zero-order valence-corrected chi connectivity index (χ0v) is 22.4. The molecule has 0 saturated carbocycles. The Balaban J connectivity index is 2.19. The minimum Gasteiger partial charge on any atom is -0.354 e. The lowest BCUT2D eigenvalue weighted by atomic mass is 10.1. The Kier molecular flexibility index (Phi) is 11.1. The highest BCUT2D eigenvalue weighted by atomic mass is 32.2. The topological polar surface area (TPSA) is 86.8 Å². The molecule has 0 heterocycles. The molecule has 2 aromatic rings. The summed E-state index contributed by atoms with van der Waals surface area (Å²) in [5.74, 6) is -1.27. The molecule has 0 spiro atoms. The minimum atomic E-state index is -4.65. The summed E-state index contributed by atoms with van der Waals surface area (Å²) in [5.41, 5.74) is -0.565. The number of unbranched alkanes of at least 4 members (excludes halogenated alkanes) is 1. The molecule has 0 radical (unpaired) electrons. The van der Waals surface area contributed by atoms with Gasteiger partial charge in [0.15, 0.2) is 0 Å². The van der Waals surface area contributed by atoms with E-state index < -0.39 is 39.5 Å². The molecule has 0 fully saturated rings. The van der Waals surface area contributed by atoms with Crippen molar-refractivity contribution in [3.63, 3.8) is 0 Å². The number of amides is 2. The average molecular weight is 560 g/mol. The number of benzene rings is 2. The summed E-state index contributed by atoms with van der Waals surface area (Å²) in [7, 11) is -3.95. The number of sulfonamides is 1. The van der Waals surface area contributed by atoms with Crippen molar-refractivity contribution in [2.24, 2.45) is 0 Å². The first kappa shape index (κ1) is 31.1. The first-order valence-electron chi connectivity index (χ1n) is 12.2. The third kappa shape index (κ3) is 9.30. The van der Waals surface area contributed by atoms with Gasteiger partial charge < -0.3 is 10.2 Å². The van der Waals surface area contributed by atoms with Crippen LogP contribution in [0.15, 0.2) is 48.5 Å². The Morgan fingerprint density at radius 1 is 1.05 bits per heavy atom. The van der Waals surface area contributed by atoms with Gasteiger partial charge in [0.05, 0.1) is 17.5 Å². The number of carbonyl (C=O) groups is 2. The molecule has 7 nitrogen and oxygen atoms in total. The fourth-order valence-electron chi connectivity index (χ4n) is 3.75. The number of nitrogens with zero attached hydrogens (tertiary/aromatic N) is 2. The molecule has 0 aliphatic carbocycles. The van der Waals surface area contributed by atoms with Gasteiger partial charge in [0.25, 0.3) is 0 Å². The second kappa shape index (κ2) is 13.6. The van der Waals surface area contributed by atoms with Gasteiger partial charge in [0.2, 0.25) is 21.8 Å². The zero-order valence-electron chi connectivity index (χ0n) is 21.6. The number of nitrogens with one attached hydrogen (secondary N) is 1. The highest BCUT2D eigenvalue weighted by Gasteiger charge is 2.32. The molecule has 0 aromatic heterocycles. The first-order chi connectivity index (χ1) is 17.7. The van der Waals surface area contributed by atoms with Crippen LogP contribution in [-0.2, 0) is 32.3 Å². The number of hydrogen-bond acceptors (Lipinski definition) is 4.